The minimum atomic E-state index is -0.140. The molecule has 3 rings (SSSR count). The number of anilines is 1. The van der Waals surface area contributed by atoms with Crippen LogP contribution in [0.4, 0.5) is 5.13 Å². The molecule has 8 heteroatoms. The molecule has 0 aliphatic rings. The van der Waals surface area contributed by atoms with E-state index in [9.17, 15) is 4.79 Å². The lowest BCUT2D eigenvalue weighted by Gasteiger charge is -1.98. The van der Waals surface area contributed by atoms with Crippen molar-refractivity contribution in [2.45, 2.75) is 5.22 Å². The zero-order chi connectivity index (χ0) is 13.9. The van der Waals surface area contributed by atoms with E-state index in [0.29, 0.717) is 10.4 Å². The first-order valence-corrected chi connectivity index (χ1v) is 8.20. The number of carbonyl (C=O) groups is 1. The number of carbonyl (C=O) groups excluding carboxylic acids is 1. The van der Waals surface area contributed by atoms with Gasteiger partial charge in [-0.15, -0.1) is 0 Å². The van der Waals surface area contributed by atoms with Crippen LogP contribution in [-0.4, -0.2) is 21.6 Å². The average Bonchev–Trinajstić information content (AvgIpc) is 3.02. The van der Waals surface area contributed by atoms with Crippen molar-refractivity contribution < 1.29 is 9.21 Å². The van der Waals surface area contributed by atoms with Crippen molar-refractivity contribution >= 4 is 61.2 Å². The summed E-state index contributed by atoms with van der Waals surface area (Å²) in [4.78, 5) is 20.1. The molecule has 0 fully saturated rings. The quantitative estimate of drug-likeness (QED) is 0.708. The first-order valence-electron chi connectivity index (χ1n) is 5.60. The highest BCUT2D eigenvalue weighted by Crippen LogP contribution is 2.25. The number of halogens is 1. The van der Waals surface area contributed by atoms with Crippen LogP contribution < -0.4 is 5.32 Å². The third-order valence-electron chi connectivity index (χ3n) is 2.32. The molecule has 20 heavy (non-hydrogen) atoms. The third kappa shape index (κ3) is 3.20. The van der Waals surface area contributed by atoms with Gasteiger partial charge in [0.2, 0.25) is 5.91 Å². The van der Waals surface area contributed by atoms with E-state index >= 15 is 0 Å². The lowest BCUT2D eigenvalue weighted by molar-refractivity contribution is -0.113. The molecular weight excluding hydrogens is 362 g/mol. The molecule has 3 aromatic rings. The minimum Gasteiger partial charge on any atom is -0.431 e. The lowest BCUT2D eigenvalue weighted by Crippen LogP contribution is -2.13. The van der Waals surface area contributed by atoms with Crippen molar-refractivity contribution in [2.75, 3.05) is 11.1 Å². The van der Waals surface area contributed by atoms with Crippen LogP contribution in [0, 0.1) is 0 Å². The summed E-state index contributed by atoms with van der Waals surface area (Å²) in [5, 5.41) is 3.77. The van der Waals surface area contributed by atoms with Crippen molar-refractivity contribution in [3.8, 4) is 0 Å². The summed E-state index contributed by atoms with van der Waals surface area (Å²) < 4.78 is 6.40. The number of hydrogen-bond donors (Lipinski definition) is 1. The topological polar surface area (TPSA) is 68.0 Å². The molecule has 0 saturated heterocycles. The van der Waals surface area contributed by atoms with Gasteiger partial charge in [0.25, 0.3) is 5.22 Å². The number of benzene rings is 1. The van der Waals surface area contributed by atoms with Crippen LogP contribution in [0.25, 0.3) is 11.1 Å². The highest BCUT2D eigenvalue weighted by Gasteiger charge is 2.10. The van der Waals surface area contributed by atoms with Gasteiger partial charge in [0, 0.05) is 0 Å². The van der Waals surface area contributed by atoms with Gasteiger partial charge in [-0.25, -0.2) is 9.97 Å². The molecule has 0 aliphatic heterocycles. The minimum absolute atomic E-state index is 0.140. The van der Waals surface area contributed by atoms with Crippen LogP contribution >= 0.6 is 39.0 Å². The van der Waals surface area contributed by atoms with Gasteiger partial charge in [0.1, 0.15) is 5.52 Å². The number of para-hydroxylation sites is 2. The van der Waals surface area contributed by atoms with E-state index in [1.54, 1.807) is 6.20 Å². The predicted octanol–water partition coefficient (Wildman–Crippen LogP) is 3.78. The van der Waals surface area contributed by atoms with Gasteiger partial charge < -0.3 is 9.73 Å². The number of fused-ring (bicyclic) bond motifs is 1. The molecule has 5 nitrogen and oxygen atoms in total. The van der Waals surface area contributed by atoms with Crippen LogP contribution in [0.15, 0.2) is 43.9 Å². The van der Waals surface area contributed by atoms with Gasteiger partial charge in [-0.2, -0.15) is 0 Å². The molecule has 2 heterocycles. The van der Waals surface area contributed by atoms with Gasteiger partial charge in [0.05, 0.1) is 15.7 Å². The van der Waals surface area contributed by atoms with Crippen molar-refractivity contribution in [3.05, 3.63) is 34.2 Å². The molecule has 0 bridgehead atoms. The summed E-state index contributed by atoms with van der Waals surface area (Å²) in [5.41, 5.74) is 1.51. The van der Waals surface area contributed by atoms with Crippen molar-refractivity contribution in [2.24, 2.45) is 0 Å². The Morgan fingerprint density at radius 3 is 3.05 bits per heavy atom. The number of nitrogens with zero attached hydrogens (tertiary/aromatic N) is 2. The van der Waals surface area contributed by atoms with Crippen LogP contribution in [0.1, 0.15) is 0 Å². The van der Waals surface area contributed by atoms with Crippen molar-refractivity contribution in [1.82, 2.24) is 9.97 Å². The monoisotopic (exact) mass is 369 g/mol. The molecule has 0 aliphatic carbocycles. The highest BCUT2D eigenvalue weighted by atomic mass is 79.9. The fourth-order valence-electron chi connectivity index (χ4n) is 1.51. The summed E-state index contributed by atoms with van der Waals surface area (Å²) in [5.74, 6) is 0.0865. The molecule has 1 N–H and O–H groups in total. The van der Waals surface area contributed by atoms with Crippen LogP contribution in [-0.2, 0) is 4.79 Å². The van der Waals surface area contributed by atoms with Gasteiger partial charge in [-0.05, 0) is 28.1 Å². The molecule has 1 aromatic carbocycles. The van der Waals surface area contributed by atoms with E-state index in [0.717, 1.165) is 14.9 Å². The smallest absolute Gasteiger partial charge is 0.257 e. The van der Waals surface area contributed by atoms with Crippen LogP contribution in [0.5, 0.6) is 0 Å². The zero-order valence-corrected chi connectivity index (χ0v) is 13.2. The Labute approximate surface area is 130 Å². The molecular formula is C12H8BrN3O2S2. The molecule has 0 radical (unpaired) electrons. The maximum absolute atomic E-state index is 11.8. The van der Waals surface area contributed by atoms with E-state index in [1.807, 2.05) is 24.3 Å². The number of hydrogen-bond acceptors (Lipinski definition) is 6. The van der Waals surface area contributed by atoms with Crippen molar-refractivity contribution in [3.63, 3.8) is 0 Å². The number of aromatic nitrogens is 2. The predicted molar refractivity (Wildman–Crippen MR) is 83.2 cm³/mol. The normalized spacial score (nSPS) is 10.8. The Morgan fingerprint density at radius 1 is 1.45 bits per heavy atom. The first kappa shape index (κ1) is 13.6. The Hall–Kier alpha value is -1.38. The largest absolute Gasteiger partial charge is 0.431 e. The maximum Gasteiger partial charge on any atom is 0.257 e. The second kappa shape index (κ2) is 5.94. The molecule has 2 aromatic heterocycles. The summed E-state index contributed by atoms with van der Waals surface area (Å²) in [7, 11) is 0. The molecule has 0 unspecified atom stereocenters. The molecule has 0 spiro atoms. The number of thiazole rings is 1. The zero-order valence-electron chi connectivity index (χ0n) is 10.00. The number of oxazole rings is 1. The van der Waals surface area contributed by atoms with Crippen LogP contribution in [0.3, 0.4) is 0 Å². The van der Waals surface area contributed by atoms with E-state index in [2.05, 4.69) is 31.2 Å². The Kier molecular flexibility index (Phi) is 4.04. The highest BCUT2D eigenvalue weighted by molar-refractivity contribution is 9.11. The standard InChI is InChI=1S/C12H8BrN3O2S2/c13-9-5-14-11(20-9)16-10(17)6-19-12-15-7-3-1-2-4-8(7)18-12/h1-5H,6H2,(H,14,16,17). The number of nitrogens with one attached hydrogen (secondary N) is 1. The fraction of sp³-hybridized carbons (Fsp3) is 0.0833. The van der Waals surface area contributed by atoms with Gasteiger partial charge in [0.15, 0.2) is 10.7 Å². The second-order valence-corrected chi connectivity index (χ2v) is 7.09. The van der Waals surface area contributed by atoms with E-state index in [4.69, 9.17) is 4.42 Å². The molecule has 1 amide bonds. The van der Waals surface area contributed by atoms with E-state index in [-0.39, 0.29) is 11.7 Å². The van der Waals surface area contributed by atoms with Crippen LogP contribution in [0.2, 0.25) is 0 Å². The number of rotatable bonds is 4. The van der Waals surface area contributed by atoms with E-state index in [1.165, 1.54) is 23.1 Å². The second-order valence-electron chi connectivity index (χ2n) is 3.75. The average molecular weight is 370 g/mol. The third-order valence-corrected chi connectivity index (χ3v) is 4.54. The lowest BCUT2D eigenvalue weighted by atomic mass is 10.3. The van der Waals surface area contributed by atoms with E-state index < -0.39 is 0 Å². The summed E-state index contributed by atoms with van der Waals surface area (Å²) in [6.45, 7) is 0. The molecule has 0 atom stereocenters. The summed E-state index contributed by atoms with van der Waals surface area (Å²) in [6, 6.07) is 7.50. The Bertz CT molecular complexity index is 723. The number of amides is 1. The Morgan fingerprint density at radius 2 is 2.30 bits per heavy atom. The number of thioether (sulfide) groups is 1. The summed E-state index contributed by atoms with van der Waals surface area (Å²) in [6.07, 6.45) is 1.65. The maximum atomic E-state index is 11.8. The van der Waals surface area contributed by atoms with Gasteiger partial charge >= 0.3 is 0 Å². The fourth-order valence-corrected chi connectivity index (χ4v) is 3.27. The molecule has 0 saturated carbocycles. The Balaban J connectivity index is 1.59. The summed E-state index contributed by atoms with van der Waals surface area (Å²) >= 11 is 5.91. The van der Waals surface area contributed by atoms with Crippen molar-refractivity contribution in [1.29, 1.82) is 0 Å². The first-order chi connectivity index (χ1) is 9.70. The molecule has 102 valence electrons. The van der Waals surface area contributed by atoms with Gasteiger partial charge in [-0.1, -0.05) is 35.2 Å². The van der Waals surface area contributed by atoms with Gasteiger partial charge in [-0.3, -0.25) is 4.79 Å². The SMILES string of the molecule is O=C(CSc1nc2ccccc2o1)Nc1ncc(Br)s1.